The molecule has 4 nitrogen and oxygen atoms in total. The number of nitrogens with two attached hydrogens (primary N) is 1. The summed E-state index contributed by atoms with van der Waals surface area (Å²) in [5.41, 5.74) is 5.30. The van der Waals surface area contributed by atoms with Gasteiger partial charge in [0.25, 0.3) is 0 Å². The molecule has 0 rings (SSSR count). The smallest absolute Gasteiger partial charge is 0.321 e. The summed E-state index contributed by atoms with van der Waals surface area (Å²) in [6.45, 7) is 0.955. The van der Waals surface area contributed by atoms with Crippen LogP contribution in [-0.4, -0.2) is 54.2 Å². The van der Waals surface area contributed by atoms with Crippen molar-refractivity contribution >= 4 is 17.7 Å². The highest BCUT2D eigenvalue weighted by Crippen LogP contribution is 2.01. The van der Waals surface area contributed by atoms with Gasteiger partial charge in [0.1, 0.15) is 6.04 Å². The van der Waals surface area contributed by atoms with Crippen LogP contribution in [0.4, 0.5) is 0 Å². The number of rotatable bonds is 6. The summed E-state index contributed by atoms with van der Waals surface area (Å²) >= 11 is 1.57. The number of hydrogen-bond acceptors (Lipinski definition) is 4. The van der Waals surface area contributed by atoms with Crippen molar-refractivity contribution in [3.05, 3.63) is 0 Å². The van der Waals surface area contributed by atoms with E-state index < -0.39 is 12.0 Å². The van der Waals surface area contributed by atoms with E-state index in [1.54, 1.807) is 11.8 Å². The molecule has 1 atom stereocenters. The van der Waals surface area contributed by atoms with Gasteiger partial charge in [-0.25, -0.2) is 0 Å². The van der Waals surface area contributed by atoms with E-state index in [1.807, 2.05) is 14.1 Å². The Bertz CT molecular complexity index is 141. The van der Waals surface area contributed by atoms with Gasteiger partial charge >= 0.3 is 5.97 Å². The predicted molar refractivity (Wildman–Crippen MR) is 51.5 cm³/mol. The Kier molecular flexibility index (Phi) is 6.14. The van der Waals surface area contributed by atoms with Crippen LogP contribution in [-0.2, 0) is 4.79 Å². The van der Waals surface area contributed by atoms with Gasteiger partial charge in [0.2, 0.25) is 0 Å². The number of nitrogens with zero attached hydrogens (tertiary/aromatic N) is 1. The Morgan fingerprint density at radius 2 is 2.25 bits per heavy atom. The molecule has 0 saturated heterocycles. The van der Waals surface area contributed by atoms with Crippen LogP contribution < -0.4 is 5.73 Å². The van der Waals surface area contributed by atoms with Gasteiger partial charge < -0.3 is 15.7 Å². The van der Waals surface area contributed by atoms with Crippen molar-refractivity contribution in [1.82, 2.24) is 4.90 Å². The van der Waals surface area contributed by atoms with Crippen molar-refractivity contribution in [2.24, 2.45) is 5.73 Å². The van der Waals surface area contributed by atoms with Crippen LogP contribution in [0.3, 0.4) is 0 Å². The van der Waals surface area contributed by atoms with Crippen LogP contribution in [0.1, 0.15) is 0 Å². The number of aliphatic carboxylic acids is 1. The van der Waals surface area contributed by atoms with Gasteiger partial charge in [-0.05, 0) is 14.1 Å². The summed E-state index contributed by atoms with van der Waals surface area (Å²) in [6.07, 6.45) is 0. The standard InChI is InChI=1S/C7H16N2O2S/c1-9(2)3-4-12-5-6(8)7(10)11/h6H,3-5,8H2,1-2H3,(H,10,11). The third kappa shape index (κ3) is 6.45. The fourth-order valence-corrected chi connectivity index (χ4v) is 1.59. The van der Waals surface area contributed by atoms with Gasteiger partial charge in [-0.3, -0.25) is 4.79 Å². The number of carboxylic acids is 1. The second kappa shape index (κ2) is 6.28. The number of thioether (sulfide) groups is 1. The summed E-state index contributed by atoms with van der Waals surface area (Å²) in [5, 5.41) is 8.44. The lowest BCUT2D eigenvalue weighted by molar-refractivity contribution is -0.137. The molecule has 0 aliphatic heterocycles. The van der Waals surface area contributed by atoms with Gasteiger partial charge in [-0.2, -0.15) is 11.8 Å². The molecule has 72 valence electrons. The summed E-state index contributed by atoms with van der Waals surface area (Å²) < 4.78 is 0. The monoisotopic (exact) mass is 192 g/mol. The quantitative estimate of drug-likeness (QED) is 0.565. The summed E-state index contributed by atoms with van der Waals surface area (Å²) in [6, 6.07) is -0.725. The lowest BCUT2D eigenvalue weighted by Gasteiger charge is -2.09. The topological polar surface area (TPSA) is 66.6 Å². The number of carbonyl (C=O) groups is 1. The molecule has 1 unspecified atom stereocenters. The van der Waals surface area contributed by atoms with E-state index in [0.717, 1.165) is 12.3 Å². The Hall–Kier alpha value is -0.260. The molecule has 0 amide bonds. The molecule has 5 heteroatoms. The second-order valence-corrected chi connectivity index (χ2v) is 3.97. The highest BCUT2D eigenvalue weighted by molar-refractivity contribution is 7.99. The zero-order chi connectivity index (χ0) is 9.56. The summed E-state index contributed by atoms with van der Waals surface area (Å²) in [7, 11) is 3.97. The molecule has 0 aliphatic rings. The van der Waals surface area contributed by atoms with Gasteiger partial charge in [0.15, 0.2) is 0 Å². The minimum Gasteiger partial charge on any atom is -0.480 e. The van der Waals surface area contributed by atoms with E-state index >= 15 is 0 Å². The molecule has 3 N–H and O–H groups in total. The normalized spacial score (nSPS) is 13.3. The summed E-state index contributed by atoms with van der Waals surface area (Å²) in [5.74, 6) is 0.490. The van der Waals surface area contributed by atoms with Gasteiger partial charge in [0, 0.05) is 18.1 Å². The maximum absolute atomic E-state index is 10.3. The molecule has 0 saturated carbocycles. The molecule has 0 radical (unpaired) electrons. The van der Waals surface area contributed by atoms with Crippen LogP contribution in [0.15, 0.2) is 0 Å². The minimum absolute atomic E-state index is 0.489. The van der Waals surface area contributed by atoms with Crippen molar-refractivity contribution in [2.75, 3.05) is 32.1 Å². The van der Waals surface area contributed by atoms with E-state index in [9.17, 15) is 4.79 Å². The van der Waals surface area contributed by atoms with Crippen LogP contribution in [0.25, 0.3) is 0 Å². The maximum atomic E-state index is 10.3. The molecule has 12 heavy (non-hydrogen) atoms. The number of hydrogen-bond donors (Lipinski definition) is 2. The lowest BCUT2D eigenvalue weighted by Crippen LogP contribution is -2.32. The number of carboxylic acid groups (broad SMARTS) is 1. The molecule has 0 fully saturated rings. The van der Waals surface area contributed by atoms with Crippen LogP contribution in [0.2, 0.25) is 0 Å². The molecule has 0 bridgehead atoms. The second-order valence-electron chi connectivity index (χ2n) is 2.82. The third-order valence-electron chi connectivity index (χ3n) is 1.30. The lowest BCUT2D eigenvalue weighted by atomic mass is 10.4. The zero-order valence-corrected chi connectivity index (χ0v) is 8.30. The fourth-order valence-electron chi connectivity index (χ4n) is 0.529. The van der Waals surface area contributed by atoms with E-state index in [1.165, 1.54) is 0 Å². The van der Waals surface area contributed by atoms with E-state index in [-0.39, 0.29) is 0 Å². The molecule has 0 aliphatic carbocycles. The van der Waals surface area contributed by atoms with Crippen LogP contribution >= 0.6 is 11.8 Å². The maximum Gasteiger partial charge on any atom is 0.321 e. The summed E-state index contributed by atoms with van der Waals surface area (Å²) in [4.78, 5) is 12.3. The van der Waals surface area contributed by atoms with Crippen LogP contribution in [0, 0.1) is 0 Å². The molecule has 0 aromatic heterocycles. The first-order chi connectivity index (χ1) is 5.54. The van der Waals surface area contributed by atoms with E-state index in [2.05, 4.69) is 4.90 Å². The highest BCUT2D eigenvalue weighted by Gasteiger charge is 2.10. The van der Waals surface area contributed by atoms with Crippen molar-refractivity contribution < 1.29 is 9.90 Å². The third-order valence-corrected chi connectivity index (χ3v) is 2.36. The molecular formula is C7H16N2O2S. The predicted octanol–water partition coefficient (Wildman–Crippen LogP) is -0.307. The SMILES string of the molecule is CN(C)CCSCC(N)C(=O)O. The largest absolute Gasteiger partial charge is 0.480 e. The zero-order valence-electron chi connectivity index (χ0n) is 7.49. The molecule has 0 aromatic rings. The van der Waals surface area contributed by atoms with Crippen molar-refractivity contribution in [2.45, 2.75) is 6.04 Å². The Labute approximate surface area is 77.1 Å². The molecule has 0 aromatic carbocycles. The Morgan fingerprint density at radius 1 is 1.67 bits per heavy atom. The molecule has 0 heterocycles. The first-order valence-electron chi connectivity index (χ1n) is 3.75. The van der Waals surface area contributed by atoms with Crippen LogP contribution in [0.5, 0.6) is 0 Å². The van der Waals surface area contributed by atoms with Crippen molar-refractivity contribution in [3.8, 4) is 0 Å². The minimum atomic E-state index is -0.924. The Balaban J connectivity index is 3.25. The molecule has 0 spiro atoms. The van der Waals surface area contributed by atoms with Crippen molar-refractivity contribution in [3.63, 3.8) is 0 Å². The highest BCUT2D eigenvalue weighted by atomic mass is 32.2. The van der Waals surface area contributed by atoms with E-state index in [0.29, 0.717) is 5.75 Å². The van der Waals surface area contributed by atoms with Crippen molar-refractivity contribution in [1.29, 1.82) is 0 Å². The van der Waals surface area contributed by atoms with Gasteiger partial charge in [-0.1, -0.05) is 0 Å². The fraction of sp³-hybridized carbons (Fsp3) is 0.857. The molecular weight excluding hydrogens is 176 g/mol. The first kappa shape index (κ1) is 11.7. The average molecular weight is 192 g/mol. The van der Waals surface area contributed by atoms with Gasteiger partial charge in [-0.15, -0.1) is 0 Å². The first-order valence-corrected chi connectivity index (χ1v) is 4.90. The van der Waals surface area contributed by atoms with Gasteiger partial charge in [0.05, 0.1) is 0 Å². The average Bonchev–Trinajstić information content (AvgIpc) is 1.97. The van der Waals surface area contributed by atoms with E-state index in [4.69, 9.17) is 10.8 Å². The Morgan fingerprint density at radius 3 is 2.67 bits per heavy atom.